The Hall–Kier alpha value is -1.67. The van der Waals surface area contributed by atoms with E-state index in [1.165, 1.54) is 0 Å². The highest BCUT2D eigenvalue weighted by Gasteiger charge is 1.97. The third-order valence-electron chi connectivity index (χ3n) is 2.08. The lowest BCUT2D eigenvalue weighted by Gasteiger charge is -2.00. The van der Waals surface area contributed by atoms with E-state index < -0.39 is 0 Å². The number of benzene rings is 1. The summed E-state index contributed by atoms with van der Waals surface area (Å²) in [5.74, 6) is 0. The van der Waals surface area contributed by atoms with E-state index in [9.17, 15) is 0 Å². The van der Waals surface area contributed by atoms with Crippen molar-refractivity contribution in [3.8, 4) is 11.3 Å². The predicted molar refractivity (Wildman–Crippen MR) is 55.6 cm³/mol. The molecule has 70 valence electrons. The van der Waals surface area contributed by atoms with Gasteiger partial charge in [0.1, 0.15) is 0 Å². The number of hydrogen-bond acceptors (Lipinski definition) is 2. The Balaban J connectivity index is 2.34. The van der Waals surface area contributed by atoms with Gasteiger partial charge >= 0.3 is 0 Å². The third-order valence-corrected chi connectivity index (χ3v) is 2.08. The van der Waals surface area contributed by atoms with Crippen LogP contribution in [-0.4, -0.2) is 10.1 Å². The van der Waals surface area contributed by atoms with E-state index in [4.69, 9.17) is 5.11 Å². The molecule has 0 bridgehead atoms. The van der Waals surface area contributed by atoms with Crippen molar-refractivity contribution in [2.24, 2.45) is 0 Å². The summed E-state index contributed by atoms with van der Waals surface area (Å²) in [7, 11) is 0. The lowest BCUT2D eigenvalue weighted by atomic mass is 10.1. The molecular weight excluding hydrogens is 174 g/mol. The highest BCUT2D eigenvalue weighted by Crippen LogP contribution is 2.15. The Kier molecular flexibility index (Phi) is 2.56. The van der Waals surface area contributed by atoms with Crippen LogP contribution in [0.25, 0.3) is 11.3 Å². The molecule has 2 heteroatoms. The first-order valence-corrected chi connectivity index (χ1v) is 4.51. The van der Waals surface area contributed by atoms with Gasteiger partial charge in [0, 0.05) is 11.8 Å². The van der Waals surface area contributed by atoms with Crippen LogP contribution >= 0.6 is 0 Å². The summed E-state index contributed by atoms with van der Waals surface area (Å²) < 4.78 is 0. The van der Waals surface area contributed by atoms with Crippen molar-refractivity contribution >= 4 is 0 Å². The Morgan fingerprint density at radius 3 is 2.36 bits per heavy atom. The van der Waals surface area contributed by atoms with E-state index in [0.29, 0.717) is 0 Å². The second-order valence-electron chi connectivity index (χ2n) is 3.08. The lowest BCUT2D eigenvalue weighted by molar-refractivity contribution is 0.281. The van der Waals surface area contributed by atoms with Gasteiger partial charge in [-0.25, -0.2) is 0 Å². The zero-order valence-electron chi connectivity index (χ0n) is 7.72. The molecule has 0 spiro atoms. The summed E-state index contributed by atoms with van der Waals surface area (Å²) in [6.07, 6.45) is 1.70. The van der Waals surface area contributed by atoms with Crippen LogP contribution in [0.3, 0.4) is 0 Å². The van der Waals surface area contributed by atoms with Crippen LogP contribution in [0.5, 0.6) is 0 Å². The highest BCUT2D eigenvalue weighted by molar-refractivity contribution is 5.58. The molecule has 0 aliphatic carbocycles. The fourth-order valence-electron chi connectivity index (χ4n) is 1.30. The zero-order chi connectivity index (χ0) is 9.80. The van der Waals surface area contributed by atoms with E-state index >= 15 is 0 Å². The summed E-state index contributed by atoms with van der Waals surface area (Å²) in [6, 6.07) is 13.8. The topological polar surface area (TPSA) is 33.1 Å². The molecule has 2 aromatic rings. The molecule has 0 aliphatic heterocycles. The highest BCUT2D eigenvalue weighted by atomic mass is 16.3. The number of pyridine rings is 1. The second kappa shape index (κ2) is 4.03. The SMILES string of the molecule is OCc1ccc(-c2ccccc2)nc1. The van der Waals surface area contributed by atoms with Crippen molar-refractivity contribution in [1.29, 1.82) is 0 Å². The van der Waals surface area contributed by atoms with E-state index in [-0.39, 0.29) is 6.61 Å². The third kappa shape index (κ3) is 1.80. The fourth-order valence-corrected chi connectivity index (χ4v) is 1.30. The number of rotatable bonds is 2. The first kappa shape index (κ1) is 8.91. The molecule has 2 rings (SSSR count). The predicted octanol–water partition coefficient (Wildman–Crippen LogP) is 2.24. The maximum atomic E-state index is 8.86. The first-order valence-electron chi connectivity index (χ1n) is 4.51. The van der Waals surface area contributed by atoms with Crippen LogP contribution in [0.2, 0.25) is 0 Å². The first-order chi connectivity index (χ1) is 6.90. The maximum absolute atomic E-state index is 8.86. The van der Waals surface area contributed by atoms with E-state index in [2.05, 4.69) is 4.98 Å². The minimum absolute atomic E-state index is 0.0437. The van der Waals surface area contributed by atoms with Crippen molar-refractivity contribution in [2.45, 2.75) is 6.61 Å². The largest absolute Gasteiger partial charge is 0.392 e. The Bertz CT molecular complexity index is 394. The Morgan fingerprint density at radius 2 is 1.79 bits per heavy atom. The fraction of sp³-hybridized carbons (Fsp3) is 0.0833. The molecule has 0 saturated carbocycles. The molecule has 14 heavy (non-hydrogen) atoms. The van der Waals surface area contributed by atoms with E-state index in [1.807, 2.05) is 42.5 Å². The number of aliphatic hydroxyl groups excluding tert-OH is 1. The molecule has 0 aliphatic rings. The summed E-state index contributed by atoms with van der Waals surface area (Å²) in [5.41, 5.74) is 2.87. The van der Waals surface area contributed by atoms with Gasteiger partial charge in [-0.2, -0.15) is 0 Å². The summed E-state index contributed by atoms with van der Waals surface area (Å²) in [5, 5.41) is 8.86. The second-order valence-corrected chi connectivity index (χ2v) is 3.08. The van der Waals surface area contributed by atoms with Gasteiger partial charge in [0.05, 0.1) is 12.3 Å². The van der Waals surface area contributed by atoms with Crippen LogP contribution in [0.15, 0.2) is 48.7 Å². The lowest BCUT2D eigenvalue weighted by Crippen LogP contribution is -1.87. The Labute approximate surface area is 82.9 Å². The van der Waals surface area contributed by atoms with E-state index in [0.717, 1.165) is 16.8 Å². The molecule has 0 amide bonds. The maximum Gasteiger partial charge on any atom is 0.0702 e. The van der Waals surface area contributed by atoms with Crippen LogP contribution in [-0.2, 0) is 6.61 Å². The van der Waals surface area contributed by atoms with Gasteiger partial charge in [-0.15, -0.1) is 0 Å². The molecule has 1 aromatic carbocycles. The molecule has 1 N–H and O–H groups in total. The quantitative estimate of drug-likeness (QED) is 0.778. The zero-order valence-corrected chi connectivity index (χ0v) is 7.72. The molecular formula is C12H11NO. The van der Waals surface area contributed by atoms with Gasteiger partial charge in [0.2, 0.25) is 0 Å². The van der Waals surface area contributed by atoms with E-state index in [1.54, 1.807) is 6.20 Å². The summed E-state index contributed by atoms with van der Waals surface area (Å²) >= 11 is 0. The molecule has 0 fully saturated rings. The van der Waals surface area contributed by atoms with Gasteiger partial charge in [0.15, 0.2) is 0 Å². The number of aliphatic hydroxyl groups is 1. The average Bonchev–Trinajstić information content (AvgIpc) is 2.30. The molecule has 0 radical (unpaired) electrons. The Morgan fingerprint density at radius 1 is 1.00 bits per heavy atom. The van der Waals surface area contributed by atoms with Crippen LogP contribution in [0.4, 0.5) is 0 Å². The average molecular weight is 185 g/mol. The van der Waals surface area contributed by atoms with Crippen molar-refractivity contribution < 1.29 is 5.11 Å². The van der Waals surface area contributed by atoms with Gasteiger partial charge in [-0.1, -0.05) is 36.4 Å². The molecule has 0 saturated heterocycles. The molecule has 2 nitrogen and oxygen atoms in total. The number of hydrogen-bond donors (Lipinski definition) is 1. The van der Waals surface area contributed by atoms with Crippen molar-refractivity contribution in [3.05, 3.63) is 54.2 Å². The number of aromatic nitrogens is 1. The molecule has 0 atom stereocenters. The summed E-state index contributed by atoms with van der Waals surface area (Å²) in [6.45, 7) is 0.0437. The van der Waals surface area contributed by atoms with Gasteiger partial charge in [0.25, 0.3) is 0 Å². The van der Waals surface area contributed by atoms with Gasteiger partial charge in [-0.05, 0) is 11.6 Å². The molecule has 0 unspecified atom stereocenters. The monoisotopic (exact) mass is 185 g/mol. The van der Waals surface area contributed by atoms with Crippen molar-refractivity contribution in [3.63, 3.8) is 0 Å². The normalized spacial score (nSPS) is 10.1. The van der Waals surface area contributed by atoms with Crippen LogP contribution < -0.4 is 0 Å². The molecule has 1 aromatic heterocycles. The van der Waals surface area contributed by atoms with Gasteiger partial charge in [-0.3, -0.25) is 4.98 Å². The molecule has 1 heterocycles. The minimum atomic E-state index is 0.0437. The minimum Gasteiger partial charge on any atom is -0.392 e. The van der Waals surface area contributed by atoms with Crippen LogP contribution in [0.1, 0.15) is 5.56 Å². The van der Waals surface area contributed by atoms with Crippen molar-refractivity contribution in [1.82, 2.24) is 4.98 Å². The smallest absolute Gasteiger partial charge is 0.0702 e. The van der Waals surface area contributed by atoms with Crippen molar-refractivity contribution in [2.75, 3.05) is 0 Å². The van der Waals surface area contributed by atoms with Gasteiger partial charge < -0.3 is 5.11 Å². The summed E-state index contributed by atoms with van der Waals surface area (Å²) in [4.78, 5) is 4.26. The van der Waals surface area contributed by atoms with Crippen LogP contribution in [0, 0.1) is 0 Å². The standard InChI is InChI=1S/C12H11NO/c14-9-10-6-7-12(13-8-10)11-4-2-1-3-5-11/h1-8,14H,9H2. The number of nitrogens with zero attached hydrogens (tertiary/aromatic N) is 1.